The van der Waals surface area contributed by atoms with E-state index in [0.29, 0.717) is 16.0 Å². The van der Waals surface area contributed by atoms with Crippen LogP contribution in [0.3, 0.4) is 0 Å². The van der Waals surface area contributed by atoms with Gasteiger partial charge in [0.2, 0.25) is 5.24 Å². The largest absolute Gasteiger partial charge is 0.612 e. The maximum atomic E-state index is 13.8. The van der Waals surface area contributed by atoms with Crippen LogP contribution in [0.4, 0.5) is 4.39 Å². The molecule has 0 saturated carbocycles. The topological polar surface area (TPSA) is 40.1 Å². The summed E-state index contributed by atoms with van der Waals surface area (Å²) in [6, 6.07) is 13.9. The second-order valence-electron chi connectivity index (χ2n) is 5.85. The SMILES string of the molecule is CC1=C(CC(=O)Cl)c2cc(F)ccc2C1=C(c1ccccc1)[S+](C)[O-]. The highest BCUT2D eigenvalue weighted by molar-refractivity contribution is 8.00. The minimum absolute atomic E-state index is 0.00572. The van der Waals surface area contributed by atoms with Crippen LogP contribution in [0.15, 0.2) is 54.1 Å². The zero-order valence-corrected chi connectivity index (χ0v) is 15.4. The second-order valence-corrected chi connectivity index (χ2v) is 7.59. The van der Waals surface area contributed by atoms with E-state index in [2.05, 4.69) is 0 Å². The monoisotopic (exact) mass is 374 g/mol. The number of allylic oxidation sites excluding steroid dienone is 3. The summed E-state index contributed by atoms with van der Waals surface area (Å²) < 4.78 is 26.3. The molecule has 0 spiro atoms. The van der Waals surface area contributed by atoms with Crippen molar-refractivity contribution in [2.24, 2.45) is 0 Å². The van der Waals surface area contributed by atoms with Gasteiger partial charge in [0.25, 0.3) is 0 Å². The molecule has 0 bridgehead atoms. The Morgan fingerprint density at radius 3 is 2.44 bits per heavy atom. The number of hydrogen-bond donors (Lipinski definition) is 0. The fourth-order valence-electron chi connectivity index (χ4n) is 3.24. The number of carbonyl (C=O) groups excluding carboxylic acids is 1. The minimum atomic E-state index is -1.27. The average Bonchev–Trinajstić information content (AvgIpc) is 2.81. The van der Waals surface area contributed by atoms with Crippen molar-refractivity contribution in [1.29, 1.82) is 0 Å². The van der Waals surface area contributed by atoms with Gasteiger partial charge in [0.15, 0.2) is 4.91 Å². The highest BCUT2D eigenvalue weighted by Gasteiger charge is 2.31. The van der Waals surface area contributed by atoms with Crippen molar-refractivity contribution < 1.29 is 13.7 Å². The number of rotatable bonds is 4. The lowest BCUT2D eigenvalue weighted by atomic mass is 10.0. The van der Waals surface area contributed by atoms with E-state index in [1.807, 2.05) is 37.3 Å². The zero-order valence-electron chi connectivity index (χ0n) is 13.8. The summed E-state index contributed by atoms with van der Waals surface area (Å²) in [6.45, 7) is 1.86. The number of hydrogen-bond acceptors (Lipinski definition) is 2. The third-order valence-corrected chi connectivity index (χ3v) is 5.42. The molecule has 0 saturated heterocycles. The fourth-order valence-corrected chi connectivity index (χ4v) is 4.39. The first-order valence-electron chi connectivity index (χ1n) is 7.72. The van der Waals surface area contributed by atoms with E-state index in [1.54, 1.807) is 12.3 Å². The van der Waals surface area contributed by atoms with Crippen LogP contribution in [0.1, 0.15) is 30.0 Å². The molecule has 128 valence electrons. The van der Waals surface area contributed by atoms with Gasteiger partial charge in [-0.2, -0.15) is 0 Å². The van der Waals surface area contributed by atoms with Gasteiger partial charge < -0.3 is 4.55 Å². The highest BCUT2D eigenvalue weighted by Crippen LogP contribution is 2.47. The van der Waals surface area contributed by atoms with Gasteiger partial charge >= 0.3 is 0 Å². The number of carbonyl (C=O) groups is 1. The first-order valence-corrected chi connectivity index (χ1v) is 9.65. The van der Waals surface area contributed by atoms with Crippen LogP contribution in [-0.2, 0) is 16.0 Å². The summed E-state index contributed by atoms with van der Waals surface area (Å²) in [5.74, 6) is -0.383. The summed E-state index contributed by atoms with van der Waals surface area (Å²) in [4.78, 5) is 12.2. The molecule has 2 aromatic carbocycles. The molecule has 25 heavy (non-hydrogen) atoms. The van der Waals surface area contributed by atoms with Gasteiger partial charge in [0.05, 0.1) is 0 Å². The van der Waals surface area contributed by atoms with E-state index in [9.17, 15) is 13.7 Å². The predicted molar refractivity (Wildman–Crippen MR) is 102 cm³/mol. The van der Waals surface area contributed by atoms with Crippen LogP contribution in [0.5, 0.6) is 0 Å². The van der Waals surface area contributed by atoms with Crippen molar-refractivity contribution >= 4 is 44.1 Å². The van der Waals surface area contributed by atoms with Crippen molar-refractivity contribution in [2.45, 2.75) is 13.3 Å². The molecular formula is C20H16ClFO2S. The zero-order chi connectivity index (χ0) is 18.1. The van der Waals surface area contributed by atoms with Gasteiger partial charge in [0, 0.05) is 17.6 Å². The van der Waals surface area contributed by atoms with Gasteiger partial charge in [-0.1, -0.05) is 24.3 Å². The molecule has 0 aromatic heterocycles. The predicted octanol–water partition coefficient (Wildman–Crippen LogP) is 5.02. The molecule has 1 aliphatic carbocycles. The lowest BCUT2D eigenvalue weighted by Crippen LogP contribution is -2.04. The summed E-state index contributed by atoms with van der Waals surface area (Å²) in [5.41, 5.74) is 4.54. The van der Waals surface area contributed by atoms with Crippen molar-refractivity contribution in [3.63, 3.8) is 0 Å². The smallest absolute Gasteiger partial charge is 0.226 e. The first kappa shape index (κ1) is 17.9. The number of benzene rings is 2. The normalized spacial score (nSPS) is 16.7. The Morgan fingerprint density at radius 1 is 1.16 bits per heavy atom. The van der Waals surface area contributed by atoms with E-state index in [1.165, 1.54) is 12.1 Å². The Hall–Kier alpha value is -1.88. The van der Waals surface area contributed by atoms with Gasteiger partial charge in [-0.15, -0.1) is 0 Å². The molecule has 1 aliphatic rings. The van der Waals surface area contributed by atoms with Gasteiger partial charge in [-0.05, 0) is 76.2 Å². The Bertz CT molecular complexity index is 901. The second kappa shape index (κ2) is 7.16. The van der Waals surface area contributed by atoms with Crippen LogP contribution in [-0.4, -0.2) is 16.1 Å². The Morgan fingerprint density at radius 2 is 1.84 bits per heavy atom. The Labute approximate surface area is 154 Å². The standard InChI is InChI=1S/C20H16ClFO2S/c1-12-16(11-18(21)23)17-10-14(22)8-9-15(17)19(12)20(25(2)24)13-6-4-3-5-7-13/h3-10H,11H2,1-2H3. The molecule has 3 rings (SSSR count). The first-order chi connectivity index (χ1) is 11.9. The van der Waals surface area contributed by atoms with Crippen molar-refractivity contribution in [2.75, 3.05) is 6.26 Å². The lowest BCUT2D eigenvalue weighted by molar-refractivity contribution is -0.110. The van der Waals surface area contributed by atoms with E-state index in [-0.39, 0.29) is 12.2 Å². The Balaban J connectivity index is 2.34. The van der Waals surface area contributed by atoms with Crippen LogP contribution >= 0.6 is 11.6 Å². The van der Waals surface area contributed by atoms with Gasteiger partial charge in [-0.25, -0.2) is 4.39 Å². The van der Waals surface area contributed by atoms with E-state index in [0.717, 1.165) is 22.3 Å². The molecule has 0 heterocycles. The summed E-state index contributed by atoms with van der Waals surface area (Å²) in [5, 5.41) is -0.510. The third kappa shape index (κ3) is 3.43. The summed E-state index contributed by atoms with van der Waals surface area (Å²) in [7, 11) is 0. The van der Waals surface area contributed by atoms with Crippen molar-refractivity contribution in [1.82, 2.24) is 0 Å². The number of fused-ring (bicyclic) bond motifs is 1. The van der Waals surface area contributed by atoms with Crippen molar-refractivity contribution in [3.8, 4) is 0 Å². The van der Waals surface area contributed by atoms with E-state index in [4.69, 9.17) is 11.6 Å². The summed E-state index contributed by atoms with van der Waals surface area (Å²) in [6.07, 6.45) is 1.63. The fraction of sp³-hybridized carbons (Fsp3) is 0.150. The maximum absolute atomic E-state index is 13.8. The molecule has 1 atom stereocenters. The lowest BCUT2D eigenvalue weighted by Gasteiger charge is -2.15. The molecule has 0 aliphatic heterocycles. The van der Waals surface area contributed by atoms with Gasteiger partial charge in [-0.3, -0.25) is 4.79 Å². The Kier molecular flexibility index (Phi) is 5.13. The quantitative estimate of drug-likeness (QED) is 0.557. The minimum Gasteiger partial charge on any atom is -0.612 e. The molecule has 0 N–H and O–H groups in total. The molecular weight excluding hydrogens is 359 g/mol. The molecule has 1 unspecified atom stereocenters. The molecule has 2 nitrogen and oxygen atoms in total. The molecule has 2 aromatic rings. The van der Waals surface area contributed by atoms with Crippen LogP contribution in [0.2, 0.25) is 0 Å². The van der Waals surface area contributed by atoms with Crippen LogP contribution in [0, 0.1) is 5.82 Å². The van der Waals surface area contributed by atoms with E-state index < -0.39 is 16.4 Å². The number of halogens is 2. The van der Waals surface area contributed by atoms with Crippen LogP contribution in [0.25, 0.3) is 16.1 Å². The molecule has 0 radical (unpaired) electrons. The summed E-state index contributed by atoms with van der Waals surface area (Å²) >= 11 is 4.32. The molecule has 0 fully saturated rings. The molecule has 5 heteroatoms. The molecule has 0 amide bonds. The van der Waals surface area contributed by atoms with E-state index >= 15 is 0 Å². The van der Waals surface area contributed by atoms with Gasteiger partial charge in [0.1, 0.15) is 12.1 Å². The third-order valence-electron chi connectivity index (χ3n) is 4.27. The highest BCUT2D eigenvalue weighted by atomic mass is 35.5. The van der Waals surface area contributed by atoms with Crippen LogP contribution < -0.4 is 0 Å². The van der Waals surface area contributed by atoms with Crippen molar-refractivity contribution in [3.05, 3.63) is 76.6 Å². The average molecular weight is 375 g/mol. The maximum Gasteiger partial charge on any atom is 0.226 e.